The average molecular weight is 294 g/mol. The molecule has 0 spiro atoms. The quantitative estimate of drug-likeness (QED) is 0.714. The molecule has 0 radical (unpaired) electrons. The summed E-state index contributed by atoms with van der Waals surface area (Å²) < 4.78 is 9.75. The van der Waals surface area contributed by atoms with E-state index in [4.69, 9.17) is 9.47 Å². The molecule has 6 heteroatoms. The maximum Gasteiger partial charge on any atom is 0.407 e. The zero-order chi connectivity index (χ0) is 15.5. The van der Waals surface area contributed by atoms with Crippen molar-refractivity contribution >= 4 is 12.0 Å². The van der Waals surface area contributed by atoms with Crippen LogP contribution in [-0.2, 0) is 14.3 Å². The second-order valence-electron chi connectivity index (χ2n) is 4.37. The maximum atomic E-state index is 11.9. The van der Waals surface area contributed by atoms with Crippen molar-refractivity contribution in [2.24, 2.45) is 0 Å². The fraction of sp³-hybridized carbons (Fsp3) is 0.467. The van der Waals surface area contributed by atoms with E-state index in [1.54, 1.807) is 14.0 Å². The van der Waals surface area contributed by atoms with Gasteiger partial charge < -0.3 is 20.1 Å². The molecule has 1 rings (SSSR count). The minimum absolute atomic E-state index is 0.145. The molecule has 0 aliphatic carbocycles. The number of amides is 2. The average Bonchev–Trinajstić information content (AvgIpc) is 2.48. The highest BCUT2D eigenvalue weighted by atomic mass is 16.5. The Labute approximate surface area is 124 Å². The first-order chi connectivity index (χ1) is 10.2. The monoisotopic (exact) mass is 294 g/mol. The number of hydrogen-bond donors (Lipinski definition) is 2. The molecule has 0 aliphatic heterocycles. The van der Waals surface area contributed by atoms with Gasteiger partial charge in [0.05, 0.1) is 25.7 Å². The number of alkyl carbamates (subject to hydrolysis) is 1. The van der Waals surface area contributed by atoms with Gasteiger partial charge in [-0.3, -0.25) is 4.79 Å². The van der Waals surface area contributed by atoms with Gasteiger partial charge in [0.25, 0.3) is 0 Å². The molecule has 0 aromatic heterocycles. The molecule has 0 fully saturated rings. The van der Waals surface area contributed by atoms with Gasteiger partial charge in [0, 0.05) is 13.7 Å². The number of carbonyl (C=O) groups excluding carboxylic acids is 2. The molecule has 0 aliphatic rings. The zero-order valence-electron chi connectivity index (χ0n) is 12.4. The zero-order valence-corrected chi connectivity index (χ0v) is 12.4. The van der Waals surface area contributed by atoms with Crippen LogP contribution in [-0.4, -0.2) is 38.9 Å². The Morgan fingerprint density at radius 2 is 1.95 bits per heavy atom. The fourth-order valence-corrected chi connectivity index (χ4v) is 1.80. The van der Waals surface area contributed by atoms with E-state index in [0.717, 1.165) is 5.56 Å². The number of hydrogen-bond acceptors (Lipinski definition) is 4. The van der Waals surface area contributed by atoms with Gasteiger partial charge in [-0.05, 0) is 12.5 Å². The van der Waals surface area contributed by atoms with Crippen molar-refractivity contribution in [1.82, 2.24) is 10.6 Å². The Morgan fingerprint density at radius 1 is 1.24 bits per heavy atom. The van der Waals surface area contributed by atoms with E-state index < -0.39 is 12.1 Å². The summed E-state index contributed by atoms with van der Waals surface area (Å²) in [5.41, 5.74) is 0.854. The van der Waals surface area contributed by atoms with Crippen molar-refractivity contribution in [3.05, 3.63) is 35.9 Å². The molecule has 1 aromatic carbocycles. The van der Waals surface area contributed by atoms with E-state index in [9.17, 15) is 9.59 Å². The van der Waals surface area contributed by atoms with Gasteiger partial charge in [-0.1, -0.05) is 30.3 Å². The second-order valence-corrected chi connectivity index (χ2v) is 4.37. The molecule has 1 atom stereocenters. The molecule has 0 unspecified atom stereocenters. The van der Waals surface area contributed by atoms with Crippen LogP contribution in [0.5, 0.6) is 0 Å². The summed E-state index contributed by atoms with van der Waals surface area (Å²) in [4.78, 5) is 23.5. The summed E-state index contributed by atoms with van der Waals surface area (Å²) in [6.45, 7) is 2.91. The first kappa shape index (κ1) is 17.0. The minimum atomic E-state index is -0.531. The number of ether oxygens (including phenoxy) is 2. The summed E-state index contributed by atoms with van der Waals surface area (Å²) in [5.74, 6) is -0.155. The first-order valence-corrected chi connectivity index (χ1v) is 6.91. The lowest BCUT2D eigenvalue weighted by Crippen LogP contribution is -2.35. The molecule has 2 N–H and O–H groups in total. The predicted molar refractivity (Wildman–Crippen MR) is 78.8 cm³/mol. The lowest BCUT2D eigenvalue weighted by molar-refractivity contribution is -0.121. The number of benzene rings is 1. The molecular weight excluding hydrogens is 272 g/mol. The molecule has 0 heterocycles. The van der Waals surface area contributed by atoms with Crippen LogP contribution in [0.2, 0.25) is 0 Å². The Kier molecular flexibility index (Phi) is 7.89. The third kappa shape index (κ3) is 6.76. The van der Waals surface area contributed by atoms with E-state index in [-0.39, 0.29) is 18.9 Å². The van der Waals surface area contributed by atoms with Crippen molar-refractivity contribution in [2.75, 3.05) is 26.9 Å². The first-order valence-electron chi connectivity index (χ1n) is 6.91. The molecule has 0 saturated carbocycles. The smallest absolute Gasteiger partial charge is 0.407 e. The van der Waals surface area contributed by atoms with E-state index in [1.165, 1.54) is 0 Å². The molecule has 21 heavy (non-hydrogen) atoms. The van der Waals surface area contributed by atoms with Gasteiger partial charge in [0.15, 0.2) is 0 Å². The van der Waals surface area contributed by atoms with Crippen molar-refractivity contribution in [1.29, 1.82) is 0 Å². The van der Waals surface area contributed by atoms with E-state index in [2.05, 4.69) is 10.6 Å². The lowest BCUT2D eigenvalue weighted by atomic mass is 10.0. The Bertz CT molecular complexity index is 437. The van der Waals surface area contributed by atoms with E-state index in [1.807, 2.05) is 30.3 Å². The highest BCUT2D eigenvalue weighted by Crippen LogP contribution is 2.16. The molecule has 0 saturated heterocycles. The summed E-state index contributed by atoms with van der Waals surface area (Å²) in [5, 5.41) is 5.44. The van der Waals surface area contributed by atoms with Crippen LogP contribution in [0.4, 0.5) is 4.79 Å². The highest BCUT2D eigenvalue weighted by molar-refractivity contribution is 5.78. The van der Waals surface area contributed by atoms with Gasteiger partial charge in [-0.25, -0.2) is 4.79 Å². The fourth-order valence-electron chi connectivity index (χ4n) is 1.80. The lowest BCUT2D eigenvalue weighted by Gasteiger charge is -2.18. The highest BCUT2D eigenvalue weighted by Gasteiger charge is 2.18. The standard InChI is InChI=1S/C15H22N2O4/c1-3-21-15(19)17-13(12-7-5-4-6-8-12)11-14(18)16-9-10-20-2/h4-8,13H,3,9-11H2,1-2H3,(H,16,18)(H,17,19)/t13-/m0/s1. The predicted octanol–water partition coefficient (Wildman–Crippen LogP) is 1.63. The Morgan fingerprint density at radius 3 is 2.57 bits per heavy atom. The minimum Gasteiger partial charge on any atom is -0.450 e. The second kappa shape index (κ2) is 9.77. The van der Waals surface area contributed by atoms with Crippen molar-refractivity contribution in [3.8, 4) is 0 Å². The molecular formula is C15H22N2O4. The van der Waals surface area contributed by atoms with Crippen LogP contribution in [0, 0.1) is 0 Å². The molecule has 6 nitrogen and oxygen atoms in total. The van der Waals surface area contributed by atoms with Crippen LogP contribution < -0.4 is 10.6 Å². The van der Waals surface area contributed by atoms with E-state index >= 15 is 0 Å². The molecule has 0 bridgehead atoms. The van der Waals surface area contributed by atoms with Crippen LogP contribution in [0.25, 0.3) is 0 Å². The molecule has 1 aromatic rings. The molecule has 116 valence electrons. The van der Waals surface area contributed by atoms with Crippen molar-refractivity contribution in [2.45, 2.75) is 19.4 Å². The van der Waals surface area contributed by atoms with Gasteiger partial charge in [-0.15, -0.1) is 0 Å². The number of nitrogens with one attached hydrogen (secondary N) is 2. The van der Waals surface area contributed by atoms with Crippen LogP contribution in [0.1, 0.15) is 24.9 Å². The number of carbonyl (C=O) groups is 2. The normalized spacial score (nSPS) is 11.5. The molecule has 2 amide bonds. The summed E-state index contributed by atoms with van der Waals surface area (Å²) >= 11 is 0. The van der Waals surface area contributed by atoms with Crippen LogP contribution >= 0.6 is 0 Å². The summed E-state index contributed by atoms with van der Waals surface area (Å²) in [6.07, 6.45) is -0.386. The SMILES string of the molecule is CCOC(=O)N[C@@H](CC(=O)NCCOC)c1ccccc1. The number of methoxy groups -OCH3 is 1. The largest absolute Gasteiger partial charge is 0.450 e. The van der Waals surface area contributed by atoms with Gasteiger partial charge in [-0.2, -0.15) is 0 Å². The van der Waals surface area contributed by atoms with Crippen LogP contribution in [0.3, 0.4) is 0 Å². The van der Waals surface area contributed by atoms with E-state index in [0.29, 0.717) is 13.2 Å². The maximum absolute atomic E-state index is 11.9. The van der Waals surface area contributed by atoms with Crippen molar-refractivity contribution < 1.29 is 19.1 Å². The Hall–Kier alpha value is -2.08. The topological polar surface area (TPSA) is 76.7 Å². The summed E-state index contributed by atoms with van der Waals surface area (Å²) in [7, 11) is 1.57. The Balaban J connectivity index is 2.64. The van der Waals surface area contributed by atoms with Gasteiger partial charge in [0.2, 0.25) is 5.91 Å². The van der Waals surface area contributed by atoms with Gasteiger partial charge >= 0.3 is 6.09 Å². The third-order valence-corrected chi connectivity index (χ3v) is 2.79. The van der Waals surface area contributed by atoms with Gasteiger partial charge in [0.1, 0.15) is 0 Å². The third-order valence-electron chi connectivity index (χ3n) is 2.79. The van der Waals surface area contributed by atoms with Crippen molar-refractivity contribution in [3.63, 3.8) is 0 Å². The van der Waals surface area contributed by atoms with Crippen LogP contribution in [0.15, 0.2) is 30.3 Å². The summed E-state index contributed by atoms with van der Waals surface area (Å²) in [6, 6.07) is 8.89. The number of rotatable bonds is 8.